The lowest BCUT2D eigenvalue weighted by Crippen LogP contribution is -2.38. The first-order valence-electron chi connectivity index (χ1n) is 10.3. The van der Waals surface area contributed by atoms with E-state index in [1.54, 1.807) is 0 Å². The number of rotatable bonds is 8. The Balaban J connectivity index is 1.41. The lowest BCUT2D eigenvalue weighted by Gasteiger charge is -2.26. The molecule has 9 nitrogen and oxygen atoms in total. The van der Waals surface area contributed by atoms with E-state index < -0.39 is 10.0 Å². The number of ether oxygens (including phenoxy) is 1. The van der Waals surface area contributed by atoms with Crippen LogP contribution >= 0.6 is 0 Å². The minimum absolute atomic E-state index is 0.00994. The van der Waals surface area contributed by atoms with Crippen molar-refractivity contribution in [2.75, 3.05) is 45.3 Å². The van der Waals surface area contributed by atoms with Gasteiger partial charge in [0.2, 0.25) is 0 Å². The highest BCUT2D eigenvalue weighted by atomic mass is 32.2. The summed E-state index contributed by atoms with van der Waals surface area (Å²) in [5.41, 5.74) is 2.13. The minimum atomic E-state index is -3.76. The third kappa shape index (κ3) is 5.17. The molecule has 10 heteroatoms. The second-order valence-corrected chi connectivity index (χ2v) is 9.15. The molecule has 0 unspecified atom stereocenters. The number of aromatic nitrogens is 1. The molecule has 32 heavy (non-hydrogen) atoms. The number of nitrogens with one attached hydrogen (secondary N) is 2. The Morgan fingerprint density at radius 1 is 1.06 bits per heavy atom. The Morgan fingerprint density at radius 2 is 1.81 bits per heavy atom. The van der Waals surface area contributed by atoms with Gasteiger partial charge in [-0.2, -0.15) is 0 Å². The monoisotopic (exact) mass is 458 g/mol. The van der Waals surface area contributed by atoms with E-state index in [0.717, 1.165) is 50.3 Å². The summed E-state index contributed by atoms with van der Waals surface area (Å²) in [6, 6.07) is 13.5. The van der Waals surface area contributed by atoms with Gasteiger partial charge in [0.1, 0.15) is 0 Å². The van der Waals surface area contributed by atoms with E-state index in [2.05, 4.69) is 25.8 Å². The second-order valence-electron chi connectivity index (χ2n) is 7.51. The fourth-order valence-corrected chi connectivity index (χ4v) is 4.50. The van der Waals surface area contributed by atoms with Gasteiger partial charge >= 0.3 is 0 Å². The van der Waals surface area contributed by atoms with Gasteiger partial charge in [-0.15, -0.1) is 0 Å². The van der Waals surface area contributed by atoms with Crippen LogP contribution in [0.3, 0.4) is 0 Å². The summed E-state index contributed by atoms with van der Waals surface area (Å²) in [4.78, 5) is 21.4. The molecule has 1 amide bonds. The van der Waals surface area contributed by atoms with Crippen LogP contribution in [0.25, 0.3) is 10.9 Å². The van der Waals surface area contributed by atoms with Crippen LogP contribution in [0.2, 0.25) is 0 Å². The zero-order chi connectivity index (χ0) is 22.6. The van der Waals surface area contributed by atoms with Gasteiger partial charge in [-0.3, -0.25) is 14.5 Å². The molecule has 170 valence electrons. The molecule has 0 bridgehead atoms. The average molecular weight is 459 g/mol. The largest absolute Gasteiger partial charge is 0.379 e. The summed E-state index contributed by atoms with van der Waals surface area (Å²) in [6.45, 7) is 5.37. The molecule has 1 saturated heterocycles. The summed E-state index contributed by atoms with van der Waals surface area (Å²) in [7, 11) is -2.54. The standard InChI is InChI=1S/C22H26N4O5S/c1-30-24-32(28,29)20-5-2-17(3-6-20)22(27)23-19-4-7-21-18(16-19)8-9-26(21)11-10-25-12-14-31-15-13-25/h2-9,16,24H,10-15H2,1H3,(H,23,27). The molecule has 2 N–H and O–H groups in total. The van der Waals surface area contributed by atoms with Gasteiger partial charge in [0.15, 0.2) is 0 Å². The second kappa shape index (κ2) is 9.80. The molecule has 0 aliphatic carbocycles. The molecule has 0 spiro atoms. The van der Waals surface area contributed by atoms with Gasteiger partial charge < -0.3 is 14.6 Å². The molecular formula is C22H26N4O5S. The van der Waals surface area contributed by atoms with Crippen LogP contribution in [-0.4, -0.2) is 63.7 Å². The summed E-state index contributed by atoms with van der Waals surface area (Å²) in [6.07, 6.45) is 2.06. The summed E-state index contributed by atoms with van der Waals surface area (Å²) in [5.74, 6) is -0.320. The molecule has 2 aromatic carbocycles. The quantitative estimate of drug-likeness (QED) is 0.501. The molecule has 1 fully saturated rings. The van der Waals surface area contributed by atoms with Crippen molar-refractivity contribution in [2.45, 2.75) is 11.4 Å². The van der Waals surface area contributed by atoms with Crippen molar-refractivity contribution < 1.29 is 22.8 Å². The summed E-state index contributed by atoms with van der Waals surface area (Å²) in [5, 5.41) is 3.91. The molecule has 3 aromatic rings. The van der Waals surface area contributed by atoms with E-state index in [1.807, 2.05) is 29.2 Å². The zero-order valence-corrected chi connectivity index (χ0v) is 18.6. The van der Waals surface area contributed by atoms with Gasteiger partial charge in [-0.1, -0.05) is 4.89 Å². The molecule has 1 aromatic heterocycles. The predicted octanol–water partition coefficient (Wildman–Crippen LogP) is 2.07. The third-order valence-electron chi connectivity index (χ3n) is 5.41. The van der Waals surface area contributed by atoms with Crippen molar-refractivity contribution in [1.29, 1.82) is 0 Å². The van der Waals surface area contributed by atoms with Crippen LogP contribution in [0.1, 0.15) is 10.4 Å². The number of benzene rings is 2. The van der Waals surface area contributed by atoms with Crippen molar-refractivity contribution in [2.24, 2.45) is 0 Å². The SMILES string of the molecule is CONS(=O)(=O)c1ccc(C(=O)Nc2ccc3c(ccn3CCN3CCOCC3)c2)cc1. The number of hydrogen-bond acceptors (Lipinski definition) is 6. The fraction of sp³-hybridized carbons (Fsp3) is 0.318. The Bertz CT molecular complexity index is 1180. The van der Waals surface area contributed by atoms with Crippen LogP contribution in [0.5, 0.6) is 0 Å². The zero-order valence-electron chi connectivity index (χ0n) is 17.8. The third-order valence-corrected chi connectivity index (χ3v) is 6.69. The van der Waals surface area contributed by atoms with E-state index in [9.17, 15) is 13.2 Å². The predicted molar refractivity (Wildman–Crippen MR) is 121 cm³/mol. The van der Waals surface area contributed by atoms with E-state index in [0.29, 0.717) is 11.3 Å². The number of fused-ring (bicyclic) bond motifs is 1. The number of nitrogens with zero attached hydrogens (tertiary/aromatic N) is 2. The highest BCUT2D eigenvalue weighted by Crippen LogP contribution is 2.21. The Labute approximate surface area is 186 Å². The summed E-state index contributed by atoms with van der Waals surface area (Å²) < 4.78 is 31.4. The first-order valence-corrected chi connectivity index (χ1v) is 11.8. The van der Waals surface area contributed by atoms with Gasteiger partial charge in [-0.25, -0.2) is 8.42 Å². The average Bonchev–Trinajstić information content (AvgIpc) is 3.20. The van der Waals surface area contributed by atoms with Gasteiger partial charge in [0.25, 0.3) is 15.9 Å². The number of carbonyl (C=O) groups excluding carboxylic acids is 1. The van der Waals surface area contributed by atoms with Crippen molar-refractivity contribution >= 4 is 32.5 Å². The number of sulfonamides is 1. The molecular weight excluding hydrogens is 432 g/mol. The summed E-state index contributed by atoms with van der Waals surface area (Å²) >= 11 is 0. The smallest absolute Gasteiger partial charge is 0.262 e. The lowest BCUT2D eigenvalue weighted by molar-refractivity contribution is 0.0365. The molecule has 2 heterocycles. The maximum atomic E-state index is 12.6. The van der Waals surface area contributed by atoms with Crippen LogP contribution in [-0.2, 0) is 26.1 Å². The lowest BCUT2D eigenvalue weighted by atomic mass is 10.2. The molecule has 1 aliphatic heterocycles. The van der Waals surface area contributed by atoms with E-state index in [1.165, 1.54) is 31.4 Å². The van der Waals surface area contributed by atoms with Gasteiger partial charge in [-0.05, 0) is 48.5 Å². The van der Waals surface area contributed by atoms with E-state index in [4.69, 9.17) is 4.74 Å². The highest BCUT2D eigenvalue weighted by molar-refractivity contribution is 7.89. The van der Waals surface area contributed by atoms with Crippen LogP contribution in [0.4, 0.5) is 5.69 Å². The number of hydrogen-bond donors (Lipinski definition) is 2. The van der Waals surface area contributed by atoms with Crippen LogP contribution in [0.15, 0.2) is 59.6 Å². The first kappa shape index (κ1) is 22.4. The number of morpholine rings is 1. The molecule has 0 radical (unpaired) electrons. The Hall–Kier alpha value is -2.76. The van der Waals surface area contributed by atoms with Crippen molar-refractivity contribution in [3.63, 3.8) is 0 Å². The van der Waals surface area contributed by atoms with Crippen molar-refractivity contribution in [3.05, 3.63) is 60.3 Å². The molecule has 0 atom stereocenters. The molecule has 4 rings (SSSR count). The first-order chi connectivity index (χ1) is 15.5. The van der Waals surface area contributed by atoms with Crippen molar-refractivity contribution in [1.82, 2.24) is 14.4 Å². The van der Waals surface area contributed by atoms with Crippen LogP contribution < -0.4 is 10.2 Å². The normalized spacial score (nSPS) is 15.2. The number of carbonyl (C=O) groups is 1. The molecule has 0 saturated carbocycles. The highest BCUT2D eigenvalue weighted by Gasteiger charge is 2.15. The Kier molecular flexibility index (Phi) is 6.87. The Morgan fingerprint density at radius 3 is 2.53 bits per heavy atom. The number of anilines is 1. The van der Waals surface area contributed by atoms with Crippen LogP contribution in [0, 0.1) is 0 Å². The maximum Gasteiger partial charge on any atom is 0.262 e. The van der Waals surface area contributed by atoms with Gasteiger partial charge in [0, 0.05) is 54.5 Å². The fourth-order valence-electron chi connectivity index (χ4n) is 3.69. The maximum absolute atomic E-state index is 12.6. The van der Waals surface area contributed by atoms with Crippen molar-refractivity contribution in [3.8, 4) is 0 Å². The van der Waals surface area contributed by atoms with E-state index >= 15 is 0 Å². The molecule has 1 aliphatic rings. The number of amides is 1. The topological polar surface area (TPSA) is 102 Å². The van der Waals surface area contributed by atoms with Gasteiger partial charge in [0.05, 0.1) is 25.2 Å². The van der Waals surface area contributed by atoms with E-state index in [-0.39, 0.29) is 10.8 Å². The minimum Gasteiger partial charge on any atom is -0.379 e.